The van der Waals surface area contributed by atoms with Crippen LogP contribution in [0, 0.1) is 46.6 Å². The van der Waals surface area contributed by atoms with E-state index in [0.717, 1.165) is 34.0 Å². The van der Waals surface area contributed by atoms with Gasteiger partial charge in [-0.25, -0.2) is 9.97 Å². The smallest absolute Gasteiger partial charge is 0.178 e. The lowest BCUT2D eigenvalue weighted by molar-refractivity contribution is -0.118. The topological polar surface area (TPSA) is 118 Å². The normalized spacial score (nSPS) is 13.7. The number of rotatable bonds is 20. The van der Waals surface area contributed by atoms with Crippen LogP contribution in [0.5, 0.6) is 11.5 Å². The van der Waals surface area contributed by atoms with E-state index in [4.69, 9.17) is 24.4 Å². The van der Waals surface area contributed by atoms with Gasteiger partial charge in [0.2, 0.25) is 0 Å². The van der Waals surface area contributed by atoms with E-state index in [1.54, 1.807) is 19.1 Å². The number of Topliss-reactive ketones (excluding diaryl/α,β-unsaturated/α-hetero) is 3. The molecule has 1 aliphatic rings. The monoisotopic (exact) mass is 1180 g/mol. The van der Waals surface area contributed by atoms with E-state index in [9.17, 15) is 14.4 Å². The van der Waals surface area contributed by atoms with Gasteiger partial charge in [0, 0.05) is 101 Å². The Morgan fingerprint density at radius 3 is 1.22 bits per heavy atom. The molecule has 0 saturated carbocycles. The van der Waals surface area contributed by atoms with Crippen LogP contribution >= 0.6 is 0 Å². The van der Waals surface area contributed by atoms with Gasteiger partial charge in [-0.15, -0.1) is 22.9 Å². The van der Waals surface area contributed by atoms with Gasteiger partial charge in [0.25, 0.3) is 0 Å². The number of aromatic nitrogens is 3. The molecule has 0 saturated heterocycles. The number of pyridine rings is 3. The Bertz CT molecular complexity index is 3300. The van der Waals surface area contributed by atoms with Gasteiger partial charge < -0.3 is 9.47 Å². The van der Waals surface area contributed by atoms with Crippen LogP contribution in [0.2, 0.25) is 33.2 Å². The van der Waals surface area contributed by atoms with E-state index in [-0.39, 0.29) is 17.3 Å². The van der Waals surface area contributed by atoms with E-state index < -0.39 is 16.1 Å². The van der Waals surface area contributed by atoms with Gasteiger partial charge in [0.1, 0.15) is 44.8 Å². The predicted octanol–water partition coefficient (Wildman–Crippen LogP) is 14.0. The van der Waals surface area contributed by atoms with Crippen LogP contribution in [0.4, 0.5) is 0 Å². The van der Waals surface area contributed by atoms with Crippen molar-refractivity contribution in [2.24, 2.45) is 0 Å². The average Bonchev–Trinajstić information content (AvgIpc) is 3.59. The zero-order valence-corrected chi connectivity index (χ0v) is 55.5. The summed E-state index contributed by atoms with van der Waals surface area (Å²) >= 11 is 0. The summed E-state index contributed by atoms with van der Waals surface area (Å²) in [5, 5.41) is 0. The van der Waals surface area contributed by atoms with Crippen LogP contribution in [0.3, 0.4) is 0 Å². The van der Waals surface area contributed by atoms with Crippen molar-refractivity contribution in [1.82, 2.24) is 29.7 Å². The molecule has 0 N–H and O–H groups in total. The number of ketones is 3. The van der Waals surface area contributed by atoms with Gasteiger partial charge in [0.15, 0.2) is 11.6 Å². The summed E-state index contributed by atoms with van der Waals surface area (Å²) in [6.07, 6.45) is 1.36. The predicted molar refractivity (Wildman–Crippen MR) is 351 cm³/mol. The van der Waals surface area contributed by atoms with Crippen molar-refractivity contribution >= 4 is 33.5 Å². The van der Waals surface area contributed by atoms with Crippen LogP contribution in [-0.4, -0.2) is 109 Å². The highest BCUT2D eigenvalue weighted by atomic mass is 28.3. The lowest BCUT2D eigenvalue weighted by Gasteiger charge is -2.38. The molecule has 0 amide bonds. The van der Waals surface area contributed by atoms with Crippen LogP contribution in [0.15, 0.2) is 91.0 Å². The highest BCUT2D eigenvalue weighted by Gasteiger charge is 2.42. The van der Waals surface area contributed by atoms with Crippen molar-refractivity contribution in [2.45, 2.75) is 176 Å². The number of carbonyl (C=O) groups is 3. The SMILES string of the molecule is CC(=O)CN1CCN(Cc2cc(C#Cc3ccc(OCCC#C[Si](C(C)C)(C(C)C)C(C)C)cc3)cc(C(C)=O)n2)CCN(Cc2cc(C#Cc3ccc(OCCC#C[Si](C(C)C)(C(C)C)C(C)C)cc3)cc(C(C)=O)n2)Cc2cccc(n2)C1. The summed E-state index contributed by atoms with van der Waals surface area (Å²) in [5.41, 5.74) is 18.0. The summed E-state index contributed by atoms with van der Waals surface area (Å²) in [4.78, 5) is 60.1. The van der Waals surface area contributed by atoms with Crippen molar-refractivity contribution < 1.29 is 23.9 Å². The van der Waals surface area contributed by atoms with Crippen LogP contribution in [0.1, 0.15) is 183 Å². The Labute approximate surface area is 511 Å². The Hall–Kier alpha value is -6.95. The molecule has 4 heterocycles. The van der Waals surface area contributed by atoms with E-state index in [1.807, 2.05) is 78.9 Å². The molecule has 5 aromatic rings. The quantitative estimate of drug-likeness (QED) is 0.0321. The first-order valence-corrected chi connectivity index (χ1v) is 35.1. The van der Waals surface area contributed by atoms with Crippen molar-refractivity contribution in [3.05, 3.63) is 147 Å². The molecule has 3 aromatic heterocycles. The van der Waals surface area contributed by atoms with Gasteiger partial charge in [-0.1, -0.05) is 113 Å². The molecule has 0 unspecified atom stereocenters. The molecule has 6 rings (SSSR count). The van der Waals surface area contributed by atoms with Crippen molar-refractivity contribution in [2.75, 3.05) is 45.9 Å². The standard InChI is InChI=1S/C72H92N6O5Si2/c1-52(2)84(53(3)4,54(5)6)41-18-16-39-82-69-31-27-61(28-32-69)23-25-63-43-67(74-71(45-63)59(14)80)50-76-35-37-77(47-58(13)79)48-65-21-20-22-66(73-65)49-78(38-36-76)51-68-44-64(46-72(75-68)60(15)81)26-24-62-29-33-70(34-30-62)83-40-17-19-42-85(55(7)8,56(9)10)57(11)12/h20-22,27-34,43-46,52-57H,16-17,35-40,47-51H2,1-15H3. The summed E-state index contributed by atoms with van der Waals surface area (Å²) in [6.45, 7) is 38.3. The van der Waals surface area contributed by atoms with Crippen LogP contribution in [-0.2, 0) is 31.0 Å². The molecule has 0 fully saturated rings. The number of fused-ring (bicyclic) bond motifs is 2. The first-order chi connectivity index (χ1) is 40.5. The second-order valence-electron chi connectivity index (χ2n) is 24.7. The summed E-state index contributed by atoms with van der Waals surface area (Å²) < 4.78 is 12.2. The minimum Gasteiger partial charge on any atom is -0.493 e. The maximum atomic E-state index is 13.0. The largest absolute Gasteiger partial charge is 0.493 e. The average molecular weight is 1180 g/mol. The molecule has 13 heteroatoms. The summed E-state index contributed by atoms with van der Waals surface area (Å²) in [6, 6.07) is 29.0. The zero-order chi connectivity index (χ0) is 61.8. The molecule has 0 spiro atoms. The Kier molecular flexibility index (Phi) is 25.3. The number of hydrogen-bond donors (Lipinski definition) is 0. The molecule has 0 aliphatic carbocycles. The van der Waals surface area contributed by atoms with Gasteiger partial charge in [0.05, 0.1) is 42.5 Å². The first kappa shape index (κ1) is 67.2. The van der Waals surface area contributed by atoms with Crippen molar-refractivity contribution in [3.8, 4) is 58.1 Å². The number of benzene rings is 2. The van der Waals surface area contributed by atoms with E-state index >= 15 is 0 Å². The maximum Gasteiger partial charge on any atom is 0.178 e. The third-order valence-corrected chi connectivity index (χ3v) is 29.2. The third kappa shape index (κ3) is 19.5. The third-order valence-electron chi connectivity index (χ3n) is 16.5. The highest BCUT2D eigenvalue weighted by Crippen LogP contribution is 2.42. The molecule has 1 aliphatic heterocycles. The Balaban J connectivity index is 1.19. The van der Waals surface area contributed by atoms with Gasteiger partial charge in [-0.3, -0.25) is 34.1 Å². The number of nitrogens with zero attached hydrogens (tertiary/aromatic N) is 6. The molecule has 448 valence electrons. The fourth-order valence-electron chi connectivity index (χ4n) is 12.3. The fourth-order valence-corrected chi connectivity index (χ4v) is 22.9. The van der Waals surface area contributed by atoms with E-state index in [0.29, 0.717) is 152 Å². The molecular formula is C72H92N6O5Si2. The fraction of sp³-hybridized carbons (Fsp3) is 0.472. The number of ether oxygens (including phenoxy) is 2. The number of carbonyl (C=O) groups excluding carboxylic acids is 3. The second kappa shape index (κ2) is 32.0. The molecule has 11 nitrogen and oxygen atoms in total. The molecule has 0 radical (unpaired) electrons. The van der Waals surface area contributed by atoms with E-state index in [1.165, 1.54) is 13.8 Å². The number of hydrogen-bond acceptors (Lipinski definition) is 11. The van der Waals surface area contributed by atoms with Gasteiger partial charge >= 0.3 is 0 Å². The molecule has 2 aromatic carbocycles. The molecule has 2 bridgehead atoms. The minimum atomic E-state index is -1.78. The first-order valence-electron chi connectivity index (χ1n) is 30.6. The summed E-state index contributed by atoms with van der Waals surface area (Å²) in [7, 11) is -3.56. The lowest BCUT2D eigenvalue weighted by Crippen LogP contribution is -2.43. The van der Waals surface area contributed by atoms with Crippen LogP contribution < -0.4 is 9.47 Å². The Morgan fingerprint density at radius 1 is 0.471 bits per heavy atom. The zero-order valence-electron chi connectivity index (χ0n) is 53.5. The highest BCUT2D eigenvalue weighted by molar-refractivity contribution is 6.91. The second-order valence-corrected chi connectivity index (χ2v) is 35.9. The Morgan fingerprint density at radius 2 is 0.835 bits per heavy atom. The van der Waals surface area contributed by atoms with Crippen molar-refractivity contribution in [1.29, 1.82) is 0 Å². The van der Waals surface area contributed by atoms with Crippen molar-refractivity contribution in [3.63, 3.8) is 0 Å². The van der Waals surface area contributed by atoms with Crippen LogP contribution in [0.25, 0.3) is 0 Å². The molecule has 85 heavy (non-hydrogen) atoms. The maximum absolute atomic E-state index is 13.0. The molecule has 0 atom stereocenters. The van der Waals surface area contributed by atoms with E-state index in [2.05, 4.69) is 144 Å². The van der Waals surface area contributed by atoms with Gasteiger partial charge in [-0.2, -0.15) is 0 Å². The van der Waals surface area contributed by atoms with Gasteiger partial charge in [-0.05, 0) is 125 Å². The minimum absolute atomic E-state index is 0.0761. The molecular weight excluding hydrogens is 1090 g/mol. The summed E-state index contributed by atoms with van der Waals surface area (Å²) in [5.74, 6) is 21.5. The lowest BCUT2D eigenvalue weighted by atomic mass is 10.1.